The van der Waals surface area contributed by atoms with E-state index >= 15 is 0 Å². The van der Waals surface area contributed by atoms with Gasteiger partial charge >= 0.3 is 0 Å². The van der Waals surface area contributed by atoms with E-state index < -0.39 is 0 Å². The van der Waals surface area contributed by atoms with Gasteiger partial charge in [0.25, 0.3) is 0 Å². The van der Waals surface area contributed by atoms with Crippen LogP contribution in [0, 0.1) is 12.3 Å². The maximum Gasteiger partial charge on any atom is 0.233 e. The van der Waals surface area contributed by atoms with Crippen LogP contribution in [0.3, 0.4) is 0 Å². The third kappa shape index (κ3) is 8.71. The fourth-order valence-corrected chi connectivity index (χ4v) is 3.05. The van der Waals surface area contributed by atoms with Crippen molar-refractivity contribution in [3.63, 3.8) is 0 Å². The number of carbonyl (C=O) groups is 1. The molecule has 0 fully saturated rings. The number of carbonyl (C=O) groups excluding carboxylic acids is 1. The van der Waals surface area contributed by atoms with Crippen molar-refractivity contribution >= 4 is 23.5 Å². The van der Waals surface area contributed by atoms with Crippen molar-refractivity contribution in [1.82, 2.24) is 0 Å². The molecular weight excluding hydrogens is 338 g/mol. The second-order valence-electron chi connectivity index (χ2n) is 6.95. The van der Waals surface area contributed by atoms with E-state index in [0.29, 0.717) is 12.1 Å². The molecule has 0 saturated carbocycles. The van der Waals surface area contributed by atoms with E-state index in [2.05, 4.69) is 11.9 Å². The van der Waals surface area contributed by atoms with Crippen LogP contribution in [0.2, 0.25) is 0 Å². The molecule has 1 aromatic carbocycles. The van der Waals surface area contributed by atoms with E-state index in [1.807, 2.05) is 25.1 Å². The number of nitrogens with two attached hydrogens (primary N) is 2. The third-order valence-electron chi connectivity index (χ3n) is 4.55. The fourth-order valence-electron chi connectivity index (χ4n) is 3.05. The molecule has 1 rings (SSSR count). The fraction of sp³-hybridized carbons (Fsp3) is 0.571. The lowest BCUT2D eigenvalue weighted by Gasteiger charge is -2.22. The molecule has 6 nitrogen and oxygen atoms in total. The van der Waals surface area contributed by atoms with Gasteiger partial charge in [0.1, 0.15) is 0 Å². The number of nitrogens with zero attached hydrogens (tertiary/aromatic N) is 2. The smallest absolute Gasteiger partial charge is 0.233 e. The number of benzene rings is 1. The molecule has 0 atom stereocenters. The number of rotatable bonds is 11. The normalized spacial score (nSPS) is 10.4. The molecule has 0 radical (unpaired) electrons. The van der Waals surface area contributed by atoms with Gasteiger partial charge in [-0.3, -0.25) is 10.2 Å². The second-order valence-corrected chi connectivity index (χ2v) is 6.95. The zero-order chi connectivity index (χ0) is 20.1. The largest absolute Gasteiger partial charge is 0.370 e. The van der Waals surface area contributed by atoms with Gasteiger partial charge in [-0.15, -0.1) is 0 Å². The summed E-state index contributed by atoms with van der Waals surface area (Å²) in [6.07, 6.45) is 11.1. The highest BCUT2D eigenvalue weighted by atomic mass is 16.2. The van der Waals surface area contributed by atoms with Crippen molar-refractivity contribution in [2.45, 2.75) is 78.1 Å². The van der Waals surface area contributed by atoms with E-state index in [4.69, 9.17) is 16.9 Å². The number of unbranched alkanes of at least 4 members (excludes halogenated alkanes) is 8. The molecular formula is C21H35N5O. The highest BCUT2D eigenvalue weighted by Crippen LogP contribution is 2.22. The van der Waals surface area contributed by atoms with Crippen LogP contribution in [-0.2, 0) is 4.79 Å². The highest BCUT2D eigenvalue weighted by molar-refractivity contribution is 6.17. The molecule has 1 aromatic rings. The Bertz CT molecular complexity index is 623. The quantitative estimate of drug-likeness (QED) is 0.303. The summed E-state index contributed by atoms with van der Waals surface area (Å²) in [6, 6.07) is 7.44. The Labute approximate surface area is 163 Å². The molecule has 0 aliphatic heterocycles. The van der Waals surface area contributed by atoms with E-state index in [-0.39, 0.29) is 17.8 Å². The first-order valence-electron chi connectivity index (χ1n) is 10.0. The number of amides is 1. The summed E-state index contributed by atoms with van der Waals surface area (Å²) in [6.45, 7) is 4.13. The Morgan fingerprint density at radius 3 is 2.11 bits per heavy atom. The number of aliphatic imine (C=N–C) groups is 1. The van der Waals surface area contributed by atoms with Crippen LogP contribution in [0.5, 0.6) is 0 Å². The summed E-state index contributed by atoms with van der Waals surface area (Å²) in [4.78, 5) is 17.8. The molecule has 6 heteroatoms. The zero-order valence-corrected chi connectivity index (χ0v) is 16.8. The van der Waals surface area contributed by atoms with Crippen molar-refractivity contribution in [3.8, 4) is 0 Å². The van der Waals surface area contributed by atoms with Gasteiger partial charge in [0, 0.05) is 6.42 Å². The van der Waals surface area contributed by atoms with E-state index in [0.717, 1.165) is 24.8 Å². The number of aryl methyl sites for hydroxylation is 1. The van der Waals surface area contributed by atoms with Crippen LogP contribution in [0.1, 0.15) is 76.7 Å². The molecule has 0 spiro atoms. The van der Waals surface area contributed by atoms with Crippen molar-refractivity contribution in [2.24, 2.45) is 16.5 Å². The lowest BCUT2D eigenvalue weighted by molar-refractivity contribution is -0.117. The molecule has 0 saturated heterocycles. The summed E-state index contributed by atoms with van der Waals surface area (Å²) >= 11 is 0. The minimum absolute atomic E-state index is 0.151. The number of hydrogen-bond donors (Lipinski definition) is 3. The number of anilines is 1. The van der Waals surface area contributed by atoms with Gasteiger partial charge in [0.2, 0.25) is 11.9 Å². The van der Waals surface area contributed by atoms with Crippen LogP contribution in [-0.4, -0.2) is 17.8 Å². The summed E-state index contributed by atoms with van der Waals surface area (Å²) in [5, 5.41) is 8.13. The number of nitrogens with one attached hydrogen (secondary N) is 1. The minimum atomic E-state index is -0.245. The average molecular weight is 374 g/mol. The third-order valence-corrected chi connectivity index (χ3v) is 4.55. The van der Waals surface area contributed by atoms with Crippen molar-refractivity contribution < 1.29 is 4.79 Å². The van der Waals surface area contributed by atoms with Gasteiger partial charge in [0.15, 0.2) is 5.96 Å². The SMILES string of the molecule is CCCCCCCCCCCC(=O)N(C(=N)N=C(N)N)c1ccccc1C. The molecule has 5 N–H and O–H groups in total. The van der Waals surface area contributed by atoms with Gasteiger partial charge in [-0.25, -0.2) is 4.90 Å². The summed E-state index contributed by atoms with van der Waals surface area (Å²) < 4.78 is 0. The average Bonchev–Trinajstić information content (AvgIpc) is 2.61. The first-order valence-corrected chi connectivity index (χ1v) is 10.0. The number of hydrogen-bond acceptors (Lipinski definition) is 2. The van der Waals surface area contributed by atoms with Gasteiger partial charge in [-0.1, -0.05) is 76.5 Å². The van der Waals surface area contributed by atoms with E-state index in [9.17, 15) is 4.79 Å². The standard InChI is InChI=1S/C21H35N5O/c1-3-4-5-6-7-8-9-10-11-16-19(27)26(21(24)25-20(22)23)18-15-13-12-14-17(18)2/h12-15H,3-11,16H2,1-2H3,(H5,22,23,24,25). The maximum atomic E-state index is 12.8. The molecule has 0 aliphatic carbocycles. The minimum Gasteiger partial charge on any atom is -0.370 e. The van der Waals surface area contributed by atoms with Crippen molar-refractivity contribution in [1.29, 1.82) is 5.41 Å². The molecule has 0 aromatic heterocycles. The Kier molecular flexibility index (Phi) is 10.8. The summed E-state index contributed by atoms with van der Waals surface area (Å²) in [7, 11) is 0. The highest BCUT2D eigenvalue weighted by Gasteiger charge is 2.21. The predicted molar refractivity (Wildman–Crippen MR) is 114 cm³/mol. The predicted octanol–water partition coefficient (Wildman–Crippen LogP) is 4.46. The lowest BCUT2D eigenvalue weighted by Crippen LogP contribution is -2.38. The Morgan fingerprint density at radius 1 is 1.00 bits per heavy atom. The van der Waals surface area contributed by atoms with Gasteiger partial charge in [-0.05, 0) is 25.0 Å². The van der Waals surface area contributed by atoms with E-state index in [1.54, 1.807) is 6.07 Å². The Balaban J connectivity index is 2.54. The number of guanidine groups is 2. The number of para-hydroxylation sites is 1. The molecule has 0 unspecified atom stereocenters. The monoisotopic (exact) mass is 373 g/mol. The molecule has 150 valence electrons. The maximum absolute atomic E-state index is 12.8. The van der Waals surface area contributed by atoms with Crippen LogP contribution >= 0.6 is 0 Å². The molecule has 1 amide bonds. The second kappa shape index (κ2) is 12.9. The van der Waals surface area contributed by atoms with Gasteiger partial charge in [0.05, 0.1) is 5.69 Å². The summed E-state index contributed by atoms with van der Waals surface area (Å²) in [5.41, 5.74) is 12.3. The van der Waals surface area contributed by atoms with Gasteiger partial charge in [-0.2, -0.15) is 4.99 Å². The topological polar surface area (TPSA) is 109 Å². The molecule has 0 aliphatic rings. The van der Waals surface area contributed by atoms with Crippen LogP contribution in [0.25, 0.3) is 0 Å². The van der Waals surface area contributed by atoms with Crippen molar-refractivity contribution in [3.05, 3.63) is 29.8 Å². The first kappa shape index (κ1) is 22.7. The molecule has 0 bridgehead atoms. The Hall–Kier alpha value is -2.37. The summed E-state index contributed by atoms with van der Waals surface area (Å²) in [5.74, 6) is -0.623. The van der Waals surface area contributed by atoms with Gasteiger partial charge < -0.3 is 11.5 Å². The van der Waals surface area contributed by atoms with Crippen LogP contribution in [0.15, 0.2) is 29.3 Å². The molecule has 0 heterocycles. The van der Waals surface area contributed by atoms with Crippen LogP contribution < -0.4 is 16.4 Å². The Morgan fingerprint density at radius 2 is 1.56 bits per heavy atom. The zero-order valence-electron chi connectivity index (χ0n) is 16.8. The molecule has 27 heavy (non-hydrogen) atoms. The van der Waals surface area contributed by atoms with E-state index in [1.165, 1.54) is 43.4 Å². The first-order chi connectivity index (χ1) is 13.0. The van der Waals surface area contributed by atoms with Crippen LogP contribution in [0.4, 0.5) is 5.69 Å². The lowest BCUT2D eigenvalue weighted by atomic mass is 10.1. The van der Waals surface area contributed by atoms with Crippen molar-refractivity contribution in [2.75, 3.05) is 4.90 Å².